The van der Waals surface area contributed by atoms with Crippen molar-refractivity contribution in [3.05, 3.63) is 59.2 Å². The summed E-state index contributed by atoms with van der Waals surface area (Å²) in [7, 11) is 0. The van der Waals surface area contributed by atoms with Gasteiger partial charge in [-0.15, -0.1) is 0 Å². The van der Waals surface area contributed by atoms with Crippen molar-refractivity contribution in [2.75, 3.05) is 0 Å². The van der Waals surface area contributed by atoms with Crippen molar-refractivity contribution in [3.63, 3.8) is 0 Å². The van der Waals surface area contributed by atoms with Gasteiger partial charge in [-0.2, -0.15) is 0 Å². The molecule has 0 spiro atoms. The number of hydrogen-bond acceptors (Lipinski definition) is 6. The molecule has 3 aromatic rings. The molecule has 0 saturated carbocycles. The van der Waals surface area contributed by atoms with Crippen LogP contribution in [0.2, 0.25) is 0 Å². The van der Waals surface area contributed by atoms with E-state index in [1.165, 1.54) is 6.20 Å². The average Bonchev–Trinajstić information content (AvgIpc) is 2.95. The van der Waals surface area contributed by atoms with Gasteiger partial charge in [0, 0.05) is 29.7 Å². The van der Waals surface area contributed by atoms with Crippen LogP contribution in [0.3, 0.4) is 0 Å². The van der Waals surface area contributed by atoms with Crippen molar-refractivity contribution in [1.82, 2.24) is 15.1 Å². The first-order valence-electron chi connectivity index (χ1n) is 7.31. The molecule has 0 fully saturated rings. The highest BCUT2D eigenvalue weighted by molar-refractivity contribution is 5.92. The number of amides is 1. The summed E-state index contributed by atoms with van der Waals surface area (Å²) in [6, 6.07) is 7.00. The Morgan fingerprint density at radius 1 is 1.17 bits per heavy atom. The number of ether oxygens (including phenoxy) is 1. The lowest BCUT2D eigenvalue weighted by atomic mass is 10.1. The van der Waals surface area contributed by atoms with Crippen LogP contribution in [0, 0.1) is 13.8 Å². The van der Waals surface area contributed by atoms with E-state index in [1.807, 2.05) is 26.0 Å². The molecule has 3 heterocycles. The summed E-state index contributed by atoms with van der Waals surface area (Å²) in [6.45, 7) is 3.98. The molecule has 24 heavy (non-hydrogen) atoms. The van der Waals surface area contributed by atoms with E-state index in [-0.39, 0.29) is 6.61 Å². The Bertz CT molecular complexity index is 855. The van der Waals surface area contributed by atoms with Crippen LogP contribution < -0.4 is 10.5 Å². The number of pyridine rings is 2. The minimum absolute atomic E-state index is 0.238. The van der Waals surface area contributed by atoms with E-state index in [2.05, 4.69) is 15.1 Å². The van der Waals surface area contributed by atoms with E-state index >= 15 is 0 Å². The standard InChI is InChI=1S/C17H16N4O3/c1-10-3-4-12(7-19-10)16-14(11(2)24-21-16)9-23-15-6-5-13(8-20-15)17(18)22/h3-8H,9H2,1-2H3,(H2,18,22). The van der Waals surface area contributed by atoms with Crippen molar-refractivity contribution in [2.45, 2.75) is 20.5 Å². The van der Waals surface area contributed by atoms with Gasteiger partial charge in [0.2, 0.25) is 11.8 Å². The maximum atomic E-state index is 11.0. The van der Waals surface area contributed by atoms with Crippen LogP contribution in [-0.2, 0) is 6.61 Å². The highest BCUT2D eigenvalue weighted by Crippen LogP contribution is 2.26. The Kier molecular flexibility index (Phi) is 4.24. The summed E-state index contributed by atoms with van der Waals surface area (Å²) in [4.78, 5) is 19.4. The third-order valence-electron chi connectivity index (χ3n) is 3.55. The lowest BCUT2D eigenvalue weighted by molar-refractivity contribution is 0.1000. The lowest BCUT2D eigenvalue weighted by Crippen LogP contribution is -2.11. The predicted molar refractivity (Wildman–Crippen MR) is 86.3 cm³/mol. The van der Waals surface area contributed by atoms with Crippen LogP contribution >= 0.6 is 0 Å². The first kappa shape index (κ1) is 15.7. The van der Waals surface area contributed by atoms with Gasteiger partial charge in [-0.3, -0.25) is 9.78 Å². The van der Waals surface area contributed by atoms with Crippen molar-refractivity contribution in [1.29, 1.82) is 0 Å². The van der Waals surface area contributed by atoms with Crippen LogP contribution in [0.5, 0.6) is 5.88 Å². The fourth-order valence-electron chi connectivity index (χ4n) is 2.15. The second-order valence-electron chi connectivity index (χ2n) is 5.29. The van der Waals surface area contributed by atoms with E-state index in [1.54, 1.807) is 18.3 Å². The zero-order valence-corrected chi connectivity index (χ0v) is 13.3. The van der Waals surface area contributed by atoms with Gasteiger partial charge in [0.15, 0.2) is 0 Å². The summed E-state index contributed by atoms with van der Waals surface area (Å²) >= 11 is 0. The minimum Gasteiger partial charge on any atom is -0.473 e. The molecule has 3 aromatic heterocycles. The molecule has 0 aliphatic carbocycles. The molecular formula is C17H16N4O3. The number of nitrogens with two attached hydrogens (primary N) is 1. The van der Waals surface area contributed by atoms with Crippen LogP contribution in [-0.4, -0.2) is 21.0 Å². The Labute approximate surface area is 138 Å². The highest BCUT2D eigenvalue weighted by Gasteiger charge is 2.16. The molecule has 0 atom stereocenters. The fourth-order valence-corrected chi connectivity index (χ4v) is 2.15. The van der Waals surface area contributed by atoms with Gasteiger partial charge in [0.1, 0.15) is 18.1 Å². The molecule has 122 valence electrons. The minimum atomic E-state index is -0.530. The van der Waals surface area contributed by atoms with Gasteiger partial charge in [0.25, 0.3) is 0 Å². The Morgan fingerprint density at radius 3 is 2.62 bits per heavy atom. The van der Waals surface area contributed by atoms with E-state index in [4.69, 9.17) is 15.0 Å². The molecule has 7 nitrogen and oxygen atoms in total. The quantitative estimate of drug-likeness (QED) is 0.773. The normalized spacial score (nSPS) is 10.6. The SMILES string of the molecule is Cc1ccc(-c2noc(C)c2COc2ccc(C(N)=O)cn2)cn1. The number of aromatic nitrogens is 3. The Balaban J connectivity index is 1.79. The molecule has 0 aromatic carbocycles. The molecule has 0 aliphatic rings. The highest BCUT2D eigenvalue weighted by atomic mass is 16.5. The van der Waals surface area contributed by atoms with E-state index in [9.17, 15) is 4.79 Å². The summed E-state index contributed by atoms with van der Waals surface area (Å²) in [6.07, 6.45) is 3.12. The molecule has 2 N–H and O–H groups in total. The average molecular weight is 324 g/mol. The van der Waals surface area contributed by atoms with Gasteiger partial charge < -0.3 is 15.0 Å². The van der Waals surface area contributed by atoms with E-state index < -0.39 is 5.91 Å². The van der Waals surface area contributed by atoms with Crippen molar-refractivity contribution >= 4 is 5.91 Å². The molecule has 3 rings (SSSR count). The number of carbonyl (C=O) groups is 1. The molecule has 0 radical (unpaired) electrons. The number of hydrogen-bond donors (Lipinski definition) is 1. The first-order valence-corrected chi connectivity index (χ1v) is 7.31. The van der Waals surface area contributed by atoms with E-state index in [0.717, 1.165) is 16.8 Å². The maximum Gasteiger partial charge on any atom is 0.250 e. The third-order valence-corrected chi connectivity index (χ3v) is 3.55. The molecule has 7 heteroatoms. The summed E-state index contributed by atoms with van der Waals surface area (Å²) < 4.78 is 10.9. The topological polar surface area (TPSA) is 104 Å². The van der Waals surface area contributed by atoms with E-state index in [0.29, 0.717) is 22.9 Å². The number of aryl methyl sites for hydroxylation is 2. The number of rotatable bonds is 5. The van der Waals surface area contributed by atoms with Crippen LogP contribution in [0.15, 0.2) is 41.2 Å². The maximum absolute atomic E-state index is 11.0. The molecule has 0 bridgehead atoms. The fraction of sp³-hybridized carbons (Fsp3) is 0.176. The van der Waals surface area contributed by atoms with Crippen LogP contribution in [0.25, 0.3) is 11.3 Å². The van der Waals surface area contributed by atoms with Crippen molar-refractivity contribution in [3.8, 4) is 17.1 Å². The Morgan fingerprint density at radius 2 is 2.00 bits per heavy atom. The molecule has 0 aliphatic heterocycles. The first-order chi connectivity index (χ1) is 11.5. The smallest absolute Gasteiger partial charge is 0.250 e. The molecule has 0 unspecified atom stereocenters. The zero-order valence-electron chi connectivity index (χ0n) is 13.3. The predicted octanol–water partition coefficient (Wildman–Crippen LogP) is 2.43. The number of primary amides is 1. The summed E-state index contributed by atoms with van der Waals surface area (Å²) in [5.41, 5.74) is 8.80. The molecule has 1 amide bonds. The number of carbonyl (C=O) groups excluding carboxylic acids is 1. The van der Waals surface area contributed by atoms with Gasteiger partial charge in [-0.25, -0.2) is 4.98 Å². The van der Waals surface area contributed by atoms with Crippen molar-refractivity contribution < 1.29 is 14.1 Å². The van der Waals surface area contributed by atoms with Gasteiger partial charge in [-0.1, -0.05) is 5.16 Å². The van der Waals surface area contributed by atoms with Gasteiger partial charge in [0.05, 0.1) is 11.1 Å². The zero-order chi connectivity index (χ0) is 17.1. The van der Waals surface area contributed by atoms with Crippen LogP contribution in [0.4, 0.5) is 0 Å². The molecular weight excluding hydrogens is 308 g/mol. The molecule has 0 saturated heterocycles. The monoisotopic (exact) mass is 324 g/mol. The largest absolute Gasteiger partial charge is 0.473 e. The van der Waals surface area contributed by atoms with Crippen LogP contribution in [0.1, 0.15) is 27.4 Å². The van der Waals surface area contributed by atoms with Gasteiger partial charge in [-0.05, 0) is 32.0 Å². The van der Waals surface area contributed by atoms with Gasteiger partial charge >= 0.3 is 0 Å². The summed E-state index contributed by atoms with van der Waals surface area (Å²) in [5.74, 6) is 0.519. The lowest BCUT2D eigenvalue weighted by Gasteiger charge is -2.06. The third kappa shape index (κ3) is 3.24. The summed E-state index contributed by atoms with van der Waals surface area (Å²) in [5, 5.41) is 4.09. The second-order valence-corrected chi connectivity index (χ2v) is 5.29. The Hall–Kier alpha value is -3.22. The van der Waals surface area contributed by atoms with Crippen molar-refractivity contribution in [2.24, 2.45) is 5.73 Å². The second kappa shape index (κ2) is 6.49. The number of nitrogens with zero attached hydrogens (tertiary/aromatic N) is 3.